The number of aryl methyl sites for hydroxylation is 1. The van der Waals surface area contributed by atoms with E-state index in [1.807, 2.05) is 6.20 Å². The number of rotatable bonds is 5. The highest BCUT2D eigenvalue weighted by Crippen LogP contribution is 2.33. The van der Waals surface area contributed by atoms with Gasteiger partial charge in [0.2, 0.25) is 0 Å². The highest BCUT2D eigenvalue weighted by atomic mass is 14.9. The largest absolute Gasteiger partial charge is 0.313 e. The lowest BCUT2D eigenvalue weighted by molar-refractivity contribution is 0.388. The average Bonchev–Trinajstić information content (AvgIpc) is 2.55. The van der Waals surface area contributed by atoms with Gasteiger partial charge in [-0.2, -0.15) is 0 Å². The molecule has 0 saturated heterocycles. The molecule has 2 aromatic rings. The predicted octanol–water partition coefficient (Wildman–Crippen LogP) is 3.72. The maximum absolute atomic E-state index is 4.71. The highest BCUT2D eigenvalue weighted by molar-refractivity contribution is 5.28. The first-order valence-electron chi connectivity index (χ1n) is 8.09. The molecule has 0 fully saturated rings. The Labute approximate surface area is 127 Å². The van der Waals surface area contributed by atoms with Crippen LogP contribution < -0.4 is 5.32 Å². The molecule has 2 nitrogen and oxygen atoms in total. The summed E-state index contributed by atoms with van der Waals surface area (Å²) in [5, 5.41) is 3.70. The maximum atomic E-state index is 4.71. The Morgan fingerprint density at radius 3 is 2.86 bits per heavy atom. The van der Waals surface area contributed by atoms with E-state index in [-0.39, 0.29) is 0 Å². The van der Waals surface area contributed by atoms with Crippen LogP contribution in [-0.4, -0.2) is 17.6 Å². The first-order valence-corrected chi connectivity index (χ1v) is 8.09. The quantitative estimate of drug-likeness (QED) is 0.903. The molecule has 1 N–H and O–H groups in total. The number of hydrogen-bond acceptors (Lipinski definition) is 2. The van der Waals surface area contributed by atoms with Gasteiger partial charge in [0, 0.05) is 23.9 Å². The van der Waals surface area contributed by atoms with E-state index in [1.165, 1.54) is 36.1 Å². The van der Waals surface area contributed by atoms with E-state index in [1.54, 1.807) is 0 Å². The Morgan fingerprint density at radius 2 is 2.05 bits per heavy atom. The van der Waals surface area contributed by atoms with Crippen LogP contribution in [0.15, 0.2) is 48.7 Å². The van der Waals surface area contributed by atoms with Gasteiger partial charge in [0.15, 0.2) is 0 Å². The average molecular weight is 280 g/mol. The predicted molar refractivity (Wildman–Crippen MR) is 87.5 cm³/mol. The summed E-state index contributed by atoms with van der Waals surface area (Å²) in [6.45, 7) is 3.20. The molecule has 0 amide bonds. The molecule has 110 valence electrons. The van der Waals surface area contributed by atoms with Crippen molar-refractivity contribution in [2.24, 2.45) is 0 Å². The number of nitrogens with one attached hydrogen (secondary N) is 1. The fraction of sp³-hybridized carbons (Fsp3) is 0.421. The minimum atomic E-state index is 0.478. The van der Waals surface area contributed by atoms with E-state index in [2.05, 4.69) is 54.7 Å². The van der Waals surface area contributed by atoms with Gasteiger partial charge >= 0.3 is 0 Å². The van der Waals surface area contributed by atoms with Gasteiger partial charge in [-0.3, -0.25) is 4.98 Å². The third kappa shape index (κ3) is 3.33. The lowest BCUT2D eigenvalue weighted by Gasteiger charge is -2.32. The molecule has 1 aromatic carbocycles. The van der Waals surface area contributed by atoms with Crippen molar-refractivity contribution in [3.63, 3.8) is 0 Å². The molecule has 0 saturated carbocycles. The zero-order valence-corrected chi connectivity index (χ0v) is 12.8. The smallest absolute Gasteiger partial charge is 0.0482 e. The number of pyridine rings is 1. The Bertz CT molecular complexity index is 565. The molecule has 0 aliphatic heterocycles. The normalized spacial score (nSPS) is 19.0. The van der Waals surface area contributed by atoms with E-state index < -0.39 is 0 Å². The first kappa shape index (κ1) is 14.3. The lowest BCUT2D eigenvalue weighted by Crippen LogP contribution is -2.38. The monoisotopic (exact) mass is 280 g/mol. The Morgan fingerprint density at radius 1 is 1.19 bits per heavy atom. The van der Waals surface area contributed by atoms with E-state index in [0.717, 1.165) is 13.0 Å². The summed E-state index contributed by atoms with van der Waals surface area (Å²) in [5.41, 5.74) is 4.18. The van der Waals surface area contributed by atoms with Gasteiger partial charge in [0.25, 0.3) is 0 Å². The first-order chi connectivity index (χ1) is 10.4. The molecular formula is C19H24N2. The van der Waals surface area contributed by atoms with Gasteiger partial charge in [-0.1, -0.05) is 43.3 Å². The maximum Gasteiger partial charge on any atom is 0.0482 e. The molecular weight excluding hydrogens is 256 g/mol. The summed E-state index contributed by atoms with van der Waals surface area (Å²) in [7, 11) is 0. The van der Waals surface area contributed by atoms with Gasteiger partial charge in [-0.05, 0) is 49.4 Å². The van der Waals surface area contributed by atoms with Crippen molar-refractivity contribution in [1.82, 2.24) is 10.3 Å². The summed E-state index contributed by atoms with van der Waals surface area (Å²) in [5.74, 6) is 0.537. The summed E-state index contributed by atoms with van der Waals surface area (Å²) < 4.78 is 0. The highest BCUT2D eigenvalue weighted by Gasteiger charge is 2.28. The van der Waals surface area contributed by atoms with Crippen LogP contribution in [0.1, 0.15) is 42.5 Å². The van der Waals surface area contributed by atoms with E-state index in [9.17, 15) is 0 Å². The zero-order chi connectivity index (χ0) is 14.5. The van der Waals surface area contributed by atoms with Crippen LogP contribution in [0.25, 0.3) is 0 Å². The van der Waals surface area contributed by atoms with E-state index >= 15 is 0 Å². The van der Waals surface area contributed by atoms with Crippen molar-refractivity contribution >= 4 is 0 Å². The molecule has 1 aliphatic carbocycles. The summed E-state index contributed by atoms with van der Waals surface area (Å²) in [6, 6.07) is 15.6. The zero-order valence-electron chi connectivity index (χ0n) is 12.8. The molecule has 1 heterocycles. The summed E-state index contributed by atoms with van der Waals surface area (Å²) in [4.78, 5) is 4.71. The second-order valence-corrected chi connectivity index (χ2v) is 5.90. The van der Waals surface area contributed by atoms with Crippen molar-refractivity contribution in [2.75, 3.05) is 6.54 Å². The topological polar surface area (TPSA) is 24.9 Å². The van der Waals surface area contributed by atoms with Gasteiger partial charge in [0.1, 0.15) is 0 Å². The van der Waals surface area contributed by atoms with Crippen molar-refractivity contribution < 1.29 is 0 Å². The molecule has 0 spiro atoms. The number of nitrogens with zero attached hydrogens (tertiary/aromatic N) is 1. The van der Waals surface area contributed by atoms with Crippen LogP contribution in [-0.2, 0) is 12.8 Å². The number of hydrogen-bond donors (Lipinski definition) is 1. The minimum absolute atomic E-state index is 0.478. The Balaban J connectivity index is 1.84. The minimum Gasteiger partial charge on any atom is -0.313 e. The molecule has 3 rings (SSSR count). The van der Waals surface area contributed by atoms with Crippen molar-refractivity contribution in [3.05, 3.63) is 65.5 Å². The van der Waals surface area contributed by atoms with Crippen LogP contribution in [0.3, 0.4) is 0 Å². The summed E-state index contributed by atoms with van der Waals surface area (Å²) in [6.07, 6.45) is 6.73. The standard InChI is InChI=1S/C19H24N2/c1-2-20-18(14-15-8-4-3-5-9-15)17-12-6-10-16-11-7-13-21-19(16)17/h3-5,7-9,11,13,17-18,20H,2,6,10,12,14H2,1H3. The van der Waals surface area contributed by atoms with Crippen LogP contribution >= 0.6 is 0 Å². The van der Waals surface area contributed by atoms with Crippen LogP contribution in [0.4, 0.5) is 0 Å². The number of aromatic nitrogens is 1. The molecule has 1 aliphatic rings. The molecule has 2 heteroatoms. The van der Waals surface area contributed by atoms with Gasteiger partial charge in [-0.25, -0.2) is 0 Å². The van der Waals surface area contributed by atoms with Crippen LogP contribution in [0.2, 0.25) is 0 Å². The third-order valence-corrected chi connectivity index (χ3v) is 4.49. The van der Waals surface area contributed by atoms with E-state index in [4.69, 9.17) is 4.98 Å². The molecule has 2 atom stereocenters. The van der Waals surface area contributed by atoms with Gasteiger partial charge in [0.05, 0.1) is 0 Å². The van der Waals surface area contributed by atoms with E-state index in [0.29, 0.717) is 12.0 Å². The van der Waals surface area contributed by atoms with Crippen molar-refractivity contribution in [1.29, 1.82) is 0 Å². The third-order valence-electron chi connectivity index (χ3n) is 4.49. The summed E-state index contributed by atoms with van der Waals surface area (Å²) >= 11 is 0. The molecule has 2 unspecified atom stereocenters. The number of likely N-dealkylation sites (N-methyl/N-ethyl adjacent to an activating group) is 1. The Kier molecular flexibility index (Phi) is 4.66. The van der Waals surface area contributed by atoms with Gasteiger partial charge in [-0.15, -0.1) is 0 Å². The lowest BCUT2D eigenvalue weighted by atomic mass is 9.80. The fourth-order valence-corrected chi connectivity index (χ4v) is 3.52. The van der Waals surface area contributed by atoms with Crippen LogP contribution in [0.5, 0.6) is 0 Å². The van der Waals surface area contributed by atoms with Crippen LogP contribution in [0, 0.1) is 0 Å². The second-order valence-electron chi connectivity index (χ2n) is 5.90. The molecule has 0 radical (unpaired) electrons. The SMILES string of the molecule is CCNC(Cc1ccccc1)C1CCCc2cccnc21. The second kappa shape index (κ2) is 6.86. The van der Waals surface area contributed by atoms with Gasteiger partial charge < -0.3 is 5.32 Å². The fourth-order valence-electron chi connectivity index (χ4n) is 3.52. The molecule has 21 heavy (non-hydrogen) atoms. The van der Waals surface area contributed by atoms with Crippen molar-refractivity contribution in [2.45, 2.75) is 44.6 Å². The Hall–Kier alpha value is -1.67. The number of fused-ring (bicyclic) bond motifs is 1. The molecule has 0 bridgehead atoms. The number of benzene rings is 1. The molecule has 1 aromatic heterocycles. The van der Waals surface area contributed by atoms with Crippen molar-refractivity contribution in [3.8, 4) is 0 Å².